The van der Waals surface area contributed by atoms with Crippen LogP contribution < -0.4 is 4.90 Å². The smallest absolute Gasteiger partial charge is 0.145 e. The average Bonchev–Trinajstić information content (AvgIpc) is 2.54. The summed E-state index contributed by atoms with van der Waals surface area (Å²) in [6, 6.07) is 2.25. The van der Waals surface area contributed by atoms with Crippen molar-refractivity contribution >= 4 is 5.82 Å². The van der Waals surface area contributed by atoms with E-state index in [1.807, 2.05) is 18.7 Å². The van der Waals surface area contributed by atoms with Gasteiger partial charge >= 0.3 is 0 Å². The summed E-state index contributed by atoms with van der Waals surface area (Å²) in [6.07, 6.45) is 3.28. The van der Waals surface area contributed by atoms with Gasteiger partial charge in [0.2, 0.25) is 0 Å². The van der Waals surface area contributed by atoms with Gasteiger partial charge in [0, 0.05) is 20.1 Å². The fourth-order valence-corrected chi connectivity index (χ4v) is 2.10. The van der Waals surface area contributed by atoms with Gasteiger partial charge in [-0.25, -0.2) is 0 Å². The van der Waals surface area contributed by atoms with Crippen molar-refractivity contribution in [3.63, 3.8) is 0 Å². The number of anilines is 1. The minimum absolute atomic E-state index is 0.704. The number of aryl methyl sites for hydroxylation is 2. The normalized spacial score (nSPS) is 15.9. The van der Waals surface area contributed by atoms with Crippen LogP contribution in [0.5, 0.6) is 0 Å². The maximum atomic E-state index is 9.15. The number of hydrogen-bond acceptors (Lipinski definition) is 3. The predicted molar refractivity (Wildman–Crippen MR) is 63.2 cm³/mol. The van der Waals surface area contributed by atoms with Crippen molar-refractivity contribution in [2.24, 2.45) is 7.05 Å². The zero-order valence-electron chi connectivity index (χ0n) is 9.99. The van der Waals surface area contributed by atoms with Gasteiger partial charge in [-0.1, -0.05) is 11.6 Å². The second-order valence-electron chi connectivity index (χ2n) is 4.27. The second kappa shape index (κ2) is 4.01. The molecular weight excluding hydrogens is 200 g/mol. The van der Waals surface area contributed by atoms with Crippen molar-refractivity contribution in [1.29, 1.82) is 5.26 Å². The highest BCUT2D eigenvalue weighted by Gasteiger charge is 2.20. The average molecular weight is 216 g/mol. The summed E-state index contributed by atoms with van der Waals surface area (Å²) < 4.78 is 1.81. The topological polar surface area (TPSA) is 44.9 Å². The van der Waals surface area contributed by atoms with E-state index in [0.29, 0.717) is 5.56 Å². The number of aromatic nitrogens is 2. The van der Waals surface area contributed by atoms with Crippen LogP contribution in [0.3, 0.4) is 0 Å². The van der Waals surface area contributed by atoms with Gasteiger partial charge in [-0.15, -0.1) is 0 Å². The minimum atomic E-state index is 0.704. The second-order valence-corrected chi connectivity index (χ2v) is 4.27. The van der Waals surface area contributed by atoms with Crippen LogP contribution in [-0.2, 0) is 7.05 Å². The first-order valence-electron chi connectivity index (χ1n) is 5.47. The number of nitriles is 1. The van der Waals surface area contributed by atoms with Gasteiger partial charge < -0.3 is 4.90 Å². The highest BCUT2D eigenvalue weighted by atomic mass is 15.4. The molecule has 0 radical (unpaired) electrons. The fourth-order valence-electron chi connectivity index (χ4n) is 2.10. The van der Waals surface area contributed by atoms with E-state index in [1.54, 1.807) is 0 Å². The highest BCUT2D eigenvalue weighted by molar-refractivity contribution is 5.57. The maximum Gasteiger partial charge on any atom is 0.145 e. The Morgan fingerprint density at radius 3 is 2.75 bits per heavy atom. The first kappa shape index (κ1) is 10.7. The number of hydrogen-bond donors (Lipinski definition) is 0. The van der Waals surface area contributed by atoms with Crippen LogP contribution in [0.2, 0.25) is 0 Å². The Balaban J connectivity index is 2.38. The van der Waals surface area contributed by atoms with E-state index in [1.165, 1.54) is 5.57 Å². The lowest BCUT2D eigenvalue weighted by molar-refractivity contribution is 0.697. The third-order valence-corrected chi connectivity index (χ3v) is 3.04. The SMILES string of the molecule is CC1=CCN(c2c(C#N)c(C)nn2C)CC1. The van der Waals surface area contributed by atoms with Gasteiger partial charge in [0.1, 0.15) is 17.5 Å². The Kier molecular flexibility index (Phi) is 2.69. The molecule has 84 valence electrons. The Hall–Kier alpha value is -1.76. The Morgan fingerprint density at radius 1 is 1.44 bits per heavy atom. The summed E-state index contributed by atoms with van der Waals surface area (Å²) in [5.74, 6) is 0.948. The Morgan fingerprint density at radius 2 is 2.19 bits per heavy atom. The molecule has 1 aromatic rings. The molecule has 0 amide bonds. The Bertz CT molecular complexity index is 476. The fraction of sp³-hybridized carbons (Fsp3) is 0.500. The quantitative estimate of drug-likeness (QED) is 0.672. The van der Waals surface area contributed by atoms with Crippen LogP contribution in [0.1, 0.15) is 24.6 Å². The Labute approximate surface area is 95.8 Å². The summed E-state index contributed by atoms with van der Waals surface area (Å²) in [4.78, 5) is 2.21. The van der Waals surface area contributed by atoms with Crippen LogP contribution in [0, 0.1) is 18.3 Å². The molecule has 0 aliphatic carbocycles. The molecule has 0 saturated heterocycles. The lowest BCUT2D eigenvalue weighted by Crippen LogP contribution is -2.30. The molecule has 0 spiro atoms. The molecule has 0 atom stereocenters. The van der Waals surface area contributed by atoms with Crippen molar-refractivity contribution in [3.05, 3.63) is 22.9 Å². The zero-order valence-corrected chi connectivity index (χ0v) is 9.99. The van der Waals surface area contributed by atoms with E-state index in [4.69, 9.17) is 5.26 Å². The maximum absolute atomic E-state index is 9.15. The van der Waals surface area contributed by atoms with Gasteiger partial charge in [0.25, 0.3) is 0 Å². The third-order valence-electron chi connectivity index (χ3n) is 3.04. The minimum Gasteiger partial charge on any atom is -0.352 e. The lowest BCUT2D eigenvalue weighted by Gasteiger charge is -2.27. The number of nitrogens with zero attached hydrogens (tertiary/aromatic N) is 4. The first-order valence-corrected chi connectivity index (χ1v) is 5.47. The van der Waals surface area contributed by atoms with Crippen LogP contribution >= 0.6 is 0 Å². The van der Waals surface area contributed by atoms with Crippen LogP contribution in [-0.4, -0.2) is 22.9 Å². The van der Waals surface area contributed by atoms with Gasteiger partial charge in [0.05, 0.1) is 5.69 Å². The van der Waals surface area contributed by atoms with Crippen LogP contribution in [0.4, 0.5) is 5.82 Å². The molecule has 16 heavy (non-hydrogen) atoms. The third kappa shape index (κ3) is 1.69. The van der Waals surface area contributed by atoms with Crippen molar-refractivity contribution < 1.29 is 0 Å². The predicted octanol–water partition coefficient (Wildman–Crippen LogP) is 1.76. The molecule has 4 nitrogen and oxygen atoms in total. The summed E-state index contributed by atoms with van der Waals surface area (Å²) in [7, 11) is 1.90. The summed E-state index contributed by atoms with van der Waals surface area (Å²) in [6.45, 7) is 5.87. The molecule has 4 heteroatoms. The van der Waals surface area contributed by atoms with E-state index >= 15 is 0 Å². The van der Waals surface area contributed by atoms with Crippen molar-refractivity contribution in [2.45, 2.75) is 20.3 Å². The summed E-state index contributed by atoms with van der Waals surface area (Å²) in [5, 5.41) is 13.5. The molecule has 0 unspecified atom stereocenters. The van der Waals surface area contributed by atoms with Crippen molar-refractivity contribution in [2.75, 3.05) is 18.0 Å². The molecule has 1 aliphatic rings. The molecule has 2 rings (SSSR count). The van der Waals surface area contributed by atoms with Crippen LogP contribution in [0.25, 0.3) is 0 Å². The molecule has 0 aromatic carbocycles. The molecule has 0 bridgehead atoms. The molecule has 2 heterocycles. The molecule has 0 fully saturated rings. The van der Waals surface area contributed by atoms with Gasteiger partial charge in [0.15, 0.2) is 0 Å². The van der Waals surface area contributed by atoms with Crippen molar-refractivity contribution in [1.82, 2.24) is 9.78 Å². The van der Waals surface area contributed by atoms with Gasteiger partial charge in [-0.3, -0.25) is 4.68 Å². The lowest BCUT2D eigenvalue weighted by atomic mass is 10.1. The van der Waals surface area contributed by atoms with Crippen LogP contribution in [0.15, 0.2) is 11.6 Å². The van der Waals surface area contributed by atoms with E-state index < -0.39 is 0 Å². The molecule has 0 N–H and O–H groups in total. The largest absolute Gasteiger partial charge is 0.352 e. The van der Waals surface area contributed by atoms with E-state index in [-0.39, 0.29) is 0 Å². The monoisotopic (exact) mass is 216 g/mol. The summed E-state index contributed by atoms with van der Waals surface area (Å²) >= 11 is 0. The van der Waals surface area contributed by atoms with E-state index in [9.17, 15) is 0 Å². The van der Waals surface area contributed by atoms with E-state index in [2.05, 4.69) is 29.1 Å². The van der Waals surface area contributed by atoms with E-state index in [0.717, 1.165) is 31.0 Å². The van der Waals surface area contributed by atoms with Gasteiger partial charge in [-0.2, -0.15) is 10.4 Å². The standard InChI is InChI=1S/C12H16N4/c1-9-4-6-16(7-5-9)12-11(8-13)10(2)14-15(12)3/h4H,5-7H2,1-3H3. The van der Waals surface area contributed by atoms with Crippen molar-refractivity contribution in [3.8, 4) is 6.07 Å². The molecule has 1 aromatic heterocycles. The summed E-state index contributed by atoms with van der Waals surface area (Å²) in [5.41, 5.74) is 2.94. The van der Waals surface area contributed by atoms with Gasteiger partial charge in [-0.05, 0) is 20.3 Å². The molecule has 0 saturated carbocycles. The zero-order chi connectivity index (χ0) is 11.7. The molecule has 1 aliphatic heterocycles. The molecular formula is C12H16N4. The number of rotatable bonds is 1. The first-order chi connectivity index (χ1) is 7.63. The highest BCUT2D eigenvalue weighted by Crippen LogP contribution is 2.24.